The summed E-state index contributed by atoms with van der Waals surface area (Å²) in [5, 5.41) is 15.2. The molecule has 2 unspecified atom stereocenters. The number of allylic oxidation sites excluding steroid dienone is 2. The van der Waals surface area contributed by atoms with Crippen molar-refractivity contribution in [2.75, 3.05) is 13.2 Å². The van der Waals surface area contributed by atoms with Crippen molar-refractivity contribution in [1.29, 1.82) is 0 Å². The van der Waals surface area contributed by atoms with Crippen LogP contribution >= 0.6 is 0 Å². The highest BCUT2D eigenvalue weighted by atomic mass is 16.7. The summed E-state index contributed by atoms with van der Waals surface area (Å²) in [7, 11) is 0. The highest BCUT2D eigenvalue weighted by molar-refractivity contribution is 5.83. The molecule has 0 radical (unpaired) electrons. The monoisotopic (exact) mass is 552 g/mol. The summed E-state index contributed by atoms with van der Waals surface area (Å²) in [5.41, 5.74) is -1.01. The van der Waals surface area contributed by atoms with E-state index in [4.69, 9.17) is 9.47 Å². The average Bonchev–Trinajstić information content (AvgIpc) is 2.84. The Labute approximate surface area is 237 Å². The van der Waals surface area contributed by atoms with Gasteiger partial charge in [-0.05, 0) is 58.8 Å². The Kier molecular flexibility index (Phi) is 15.3. The van der Waals surface area contributed by atoms with E-state index in [1.165, 1.54) is 25.7 Å². The quantitative estimate of drug-likeness (QED) is 0.131. The van der Waals surface area contributed by atoms with Crippen molar-refractivity contribution >= 4 is 17.8 Å². The summed E-state index contributed by atoms with van der Waals surface area (Å²) in [4.78, 5) is 37.3. The van der Waals surface area contributed by atoms with Crippen LogP contribution in [0.15, 0.2) is 12.2 Å². The van der Waals surface area contributed by atoms with Gasteiger partial charge >= 0.3 is 5.97 Å². The number of carboxylic acids is 1. The lowest BCUT2D eigenvalue weighted by atomic mass is 9.85. The maximum atomic E-state index is 13.0. The molecule has 0 aromatic rings. The molecule has 1 saturated heterocycles. The molecular formula is C31H56N2O6. The van der Waals surface area contributed by atoms with Gasteiger partial charge in [0.25, 0.3) is 0 Å². The minimum atomic E-state index is -0.982. The minimum absolute atomic E-state index is 0.00683. The van der Waals surface area contributed by atoms with Gasteiger partial charge in [-0.1, -0.05) is 72.5 Å². The minimum Gasteiger partial charge on any atom is -0.481 e. The van der Waals surface area contributed by atoms with Gasteiger partial charge < -0.3 is 25.2 Å². The summed E-state index contributed by atoms with van der Waals surface area (Å²) in [6.45, 7) is 14.3. The van der Waals surface area contributed by atoms with Gasteiger partial charge in [-0.3, -0.25) is 14.4 Å². The lowest BCUT2D eigenvalue weighted by molar-refractivity contribution is -0.304. The first-order valence-electron chi connectivity index (χ1n) is 15.0. The molecule has 0 aromatic heterocycles. The van der Waals surface area contributed by atoms with E-state index >= 15 is 0 Å². The molecule has 2 atom stereocenters. The third kappa shape index (κ3) is 14.3. The van der Waals surface area contributed by atoms with Crippen molar-refractivity contribution in [3.63, 3.8) is 0 Å². The lowest BCUT2D eigenvalue weighted by Crippen LogP contribution is -2.57. The Morgan fingerprint density at radius 1 is 1.00 bits per heavy atom. The molecule has 0 aliphatic carbocycles. The second-order valence-electron chi connectivity index (χ2n) is 12.8. The highest BCUT2D eigenvalue weighted by Crippen LogP contribution is 2.35. The molecule has 0 spiro atoms. The zero-order valence-electron chi connectivity index (χ0n) is 25.7. The number of carbonyl (C=O) groups excluding carboxylic acids is 2. The van der Waals surface area contributed by atoms with Crippen molar-refractivity contribution < 1.29 is 29.0 Å². The van der Waals surface area contributed by atoms with E-state index in [-0.39, 0.29) is 18.2 Å². The Bertz CT molecular complexity index is 790. The molecule has 1 aliphatic heterocycles. The van der Waals surface area contributed by atoms with Gasteiger partial charge in [0.15, 0.2) is 5.79 Å². The normalized spacial score (nSPS) is 19.5. The maximum absolute atomic E-state index is 13.0. The van der Waals surface area contributed by atoms with E-state index in [1.54, 1.807) is 13.8 Å². The van der Waals surface area contributed by atoms with Gasteiger partial charge in [0.2, 0.25) is 11.8 Å². The van der Waals surface area contributed by atoms with E-state index in [1.807, 2.05) is 27.7 Å². The van der Waals surface area contributed by atoms with Crippen molar-refractivity contribution in [2.45, 2.75) is 143 Å². The standard InChI is InChI=1S/C31H56N2O6/c1-8-9-10-11-12-13-14-15-16-17-20-29(2,3)28(37)32-21-18-19-24(22-25(34)35)33-27(36)26-30(4,5)23-38-31(6,7)39-26/h13-14,24,26H,8-12,15-23H2,1-7H3,(H,32,37)(H,33,36)(H,34,35). The van der Waals surface area contributed by atoms with Crippen LogP contribution < -0.4 is 10.6 Å². The molecule has 1 heterocycles. The molecule has 8 heteroatoms. The number of aliphatic carboxylic acids is 1. The summed E-state index contributed by atoms with van der Waals surface area (Å²) < 4.78 is 11.6. The second-order valence-corrected chi connectivity index (χ2v) is 12.8. The van der Waals surface area contributed by atoms with E-state index in [9.17, 15) is 19.5 Å². The van der Waals surface area contributed by atoms with Crippen LogP contribution in [0.4, 0.5) is 0 Å². The van der Waals surface area contributed by atoms with Crippen LogP contribution in [0.1, 0.15) is 126 Å². The molecule has 2 amide bonds. The van der Waals surface area contributed by atoms with Crippen molar-refractivity contribution in [1.82, 2.24) is 10.6 Å². The first-order valence-corrected chi connectivity index (χ1v) is 15.0. The van der Waals surface area contributed by atoms with Crippen molar-refractivity contribution in [2.24, 2.45) is 10.8 Å². The fourth-order valence-corrected chi connectivity index (χ4v) is 4.69. The molecule has 1 rings (SSSR count). The average molecular weight is 553 g/mol. The van der Waals surface area contributed by atoms with Gasteiger partial charge in [0.1, 0.15) is 6.10 Å². The van der Waals surface area contributed by atoms with Crippen LogP contribution in [-0.2, 0) is 23.9 Å². The van der Waals surface area contributed by atoms with Crippen LogP contribution in [0.5, 0.6) is 0 Å². The smallest absolute Gasteiger partial charge is 0.305 e. The Morgan fingerprint density at radius 2 is 1.64 bits per heavy atom. The molecule has 0 bridgehead atoms. The molecule has 39 heavy (non-hydrogen) atoms. The van der Waals surface area contributed by atoms with Crippen LogP contribution in [0, 0.1) is 10.8 Å². The first kappa shape index (κ1) is 35.1. The van der Waals surface area contributed by atoms with Gasteiger partial charge in [-0.25, -0.2) is 0 Å². The number of hydrogen-bond acceptors (Lipinski definition) is 5. The number of rotatable bonds is 19. The number of nitrogens with one attached hydrogen (secondary N) is 2. The predicted molar refractivity (Wildman–Crippen MR) is 155 cm³/mol. The predicted octanol–water partition coefficient (Wildman–Crippen LogP) is 6.13. The number of unbranched alkanes of at least 4 members (excludes halogenated alkanes) is 6. The van der Waals surface area contributed by atoms with Crippen LogP contribution in [-0.4, -0.2) is 54.0 Å². The van der Waals surface area contributed by atoms with Crippen LogP contribution in [0.3, 0.4) is 0 Å². The molecule has 1 aliphatic rings. The Balaban J connectivity index is 2.42. The molecule has 3 N–H and O–H groups in total. The number of carbonyl (C=O) groups is 3. The van der Waals surface area contributed by atoms with Gasteiger partial charge in [0, 0.05) is 23.4 Å². The van der Waals surface area contributed by atoms with Crippen LogP contribution in [0.2, 0.25) is 0 Å². The molecule has 8 nitrogen and oxygen atoms in total. The zero-order chi connectivity index (χ0) is 29.5. The van der Waals surface area contributed by atoms with Gasteiger partial charge in [-0.2, -0.15) is 0 Å². The summed E-state index contributed by atoms with van der Waals surface area (Å²) >= 11 is 0. The molecule has 226 valence electrons. The molecule has 1 fully saturated rings. The highest BCUT2D eigenvalue weighted by Gasteiger charge is 2.46. The Morgan fingerprint density at radius 3 is 2.26 bits per heavy atom. The van der Waals surface area contributed by atoms with Crippen molar-refractivity contribution in [3.8, 4) is 0 Å². The van der Waals surface area contributed by atoms with Gasteiger partial charge in [-0.15, -0.1) is 0 Å². The van der Waals surface area contributed by atoms with E-state index < -0.39 is 34.7 Å². The molecular weight excluding hydrogens is 496 g/mol. The fraction of sp³-hybridized carbons (Fsp3) is 0.839. The zero-order valence-corrected chi connectivity index (χ0v) is 25.7. The SMILES string of the molecule is CCCCCCC=CCCCCC(C)(C)C(=O)NCCCC(CC(=O)O)NC(=O)C1OC(C)(C)OCC1(C)C. The maximum Gasteiger partial charge on any atom is 0.305 e. The third-order valence-corrected chi connectivity index (χ3v) is 7.35. The number of carboxylic acid groups (broad SMARTS) is 1. The third-order valence-electron chi connectivity index (χ3n) is 7.35. The number of hydrogen-bond donors (Lipinski definition) is 3. The topological polar surface area (TPSA) is 114 Å². The summed E-state index contributed by atoms with van der Waals surface area (Å²) in [6, 6.07) is -0.551. The molecule has 0 saturated carbocycles. The number of amides is 2. The fourth-order valence-electron chi connectivity index (χ4n) is 4.69. The largest absolute Gasteiger partial charge is 0.481 e. The van der Waals surface area contributed by atoms with Crippen LogP contribution in [0.25, 0.3) is 0 Å². The van der Waals surface area contributed by atoms with E-state index in [0.29, 0.717) is 26.0 Å². The summed E-state index contributed by atoms with van der Waals surface area (Å²) in [5.74, 6) is -2.20. The lowest BCUT2D eigenvalue weighted by Gasteiger charge is -2.45. The second kappa shape index (κ2) is 17.0. The first-order chi connectivity index (χ1) is 18.2. The van der Waals surface area contributed by atoms with Gasteiger partial charge in [0.05, 0.1) is 13.0 Å². The number of ether oxygens (including phenoxy) is 2. The Hall–Kier alpha value is -1.93. The molecule has 0 aromatic carbocycles. The van der Waals surface area contributed by atoms with E-state index in [2.05, 4.69) is 29.7 Å². The van der Waals surface area contributed by atoms with Crippen molar-refractivity contribution in [3.05, 3.63) is 12.2 Å². The van der Waals surface area contributed by atoms with E-state index in [0.717, 1.165) is 32.1 Å². The summed E-state index contributed by atoms with van der Waals surface area (Å²) in [6.07, 6.45) is 14.9.